The van der Waals surface area contributed by atoms with Crippen molar-refractivity contribution in [3.8, 4) is 0 Å². The van der Waals surface area contributed by atoms with Gasteiger partial charge in [0.05, 0.1) is 37.3 Å². The Morgan fingerprint density at radius 3 is 1.30 bits per heavy atom. The summed E-state index contributed by atoms with van der Waals surface area (Å²) < 4.78 is 34.7. The van der Waals surface area contributed by atoms with Crippen molar-refractivity contribution in [1.82, 2.24) is 0 Å². The van der Waals surface area contributed by atoms with Crippen LogP contribution in [0.3, 0.4) is 0 Å². The number of carbonyl (C=O) groups excluding carboxylic acids is 2. The molecule has 2 aliphatic heterocycles. The Kier molecular flexibility index (Phi) is 6.81. The summed E-state index contributed by atoms with van der Waals surface area (Å²) in [4.78, 5) is 23.0. The van der Waals surface area contributed by atoms with Crippen LogP contribution < -0.4 is 0 Å². The summed E-state index contributed by atoms with van der Waals surface area (Å²) in [7, 11) is 0. The molecule has 4 rings (SSSR count). The average molecular weight is 456 g/mol. The number of benzene rings is 2. The SMILES string of the molecule is CC(=O)OCC1(c2ccccc2)COC2(OC1)OCC(COC(C)=O)(c1ccccc1)CO2. The molecule has 2 heterocycles. The fraction of sp³-hybridized carbons (Fsp3) is 0.440. The monoisotopic (exact) mass is 456 g/mol. The van der Waals surface area contributed by atoms with E-state index in [1.165, 1.54) is 13.8 Å². The molecule has 0 bridgehead atoms. The predicted molar refractivity (Wildman–Crippen MR) is 116 cm³/mol. The molecule has 2 aliphatic rings. The Labute approximate surface area is 192 Å². The molecule has 0 saturated carbocycles. The summed E-state index contributed by atoms with van der Waals surface area (Å²) in [5.41, 5.74) is 0.448. The molecular formula is C25H28O8. The van der Waals surface area contributed by atoms with Crippen molar-refractivity contribution in [3.63, 3.8) is 0 Å². The van der Waals surface area contributed by atoms with Crippen LogP contribution in [0.4, 0.5) is 0 Å². The molecule has 0 aromatic heterocycles. The molecule has 2 fully saturated rings. The quantitative estimate of drug-likeness (QED) is 0.613. The van der Waals surface area contributed by atoms with Gasteiger partial charge in [-0.3, -0.25) is 9.59 Å². The van der Waals surface area contributed by atoms with Gasteiger partial charge in [-0.1, -0.05) is 60.7 Å². The van der Waals surface area contributed by atoms with Gasteiger partial charge in [0.25, 0.3) is 0 Å². The number of esters is 2. The van der Waals surface area contributed by atoms with Gasteiger partial charge in [-0.25, -0.2) is 0 Å². The summed E-state index contributed by atoms with van der Waals surface area (Å²) >= 11 is 0. The highest BCUT2D eigenvalue weighted by molar-refractivity contribution is 5.66. The predicted octanol–water partition coefficient (Wildman–Crippen LogP) is 2.69. The van der Waals surface area contributed by atoms with E-state index in [0.29, 0.717) is 0 Å². The van der Waals surface area contributed by atoms with E-state index in [0.717, 1.165) is 11.1 Å². The fourth-order valence-electron chi connectivity index (χ4n) is 3.97. The molecule has 0 N–H and O–H groups in total. The van der Waals surface area contributed by atoms with E-state index in [2.05, 4.69) is 0 Å². The molecule has 8 heteroatoms. The average Bonchev–Trinajstić information content (AvgIpc) is 2.85. The molecule has 0 radical (unpaired) electrons. The summed E-state index contributed by atoms with van der Waals surface area (Å²) in [6, 6.07) is 19.2. The third-order valence-electron chi connectivity index (χ3n) is 5.98. The molecule has 0 amide bonds. The van der Waals surface area contributed by atoms with Crippen LogP contribution in [0.15, 0.2) is 60.7 Å². The maximum Gasteiger partial charge on any atom is 0.412 e. The van der Waals surface area contributed by atoms with E-state index in [9.17, 15) is 9.59 Å². The minimum Gasteiger partial charge on any atom is -0.465 e. The second kappa shape index (κ2) is 9.61. The molecule has 8 nitrogen and oxygen atoms in total. The number of hydrogen-bond donors (Lipinski definition) is 0. The van der Waals surface area contributed by atoms with Crippen LogP contribution in [0.25, 0.3) is 0 Å². The van der Waals surface area contributed by atoms with Crippen molar-refractivity contribution in [2.45, 2.75) is 30.8 Å². The number of rotatable bonds is 6. The lowest BCUT2D eigenvalue weighted by molar-refractivity contribution is -0.539. The van der Waals surface area contributed by atoms with Gasteiger partial charge in [0.1, 0.15) is 13.2 Å². The van der Waals surface area contributed by atoms with Crippen LogP contribution in [0.5, 0.6) is 0 Å². The highest BCUT2D eigenvalue weighted by atomic mass is 17.0. The molecular weight excluding hydrogens is 428 g/mol. The lowest BCUT2D eigenvalue weighted by Gasteiger charge is -2.49. The Morgan fingerprint density at radius 1 is 0.667 bits per heavy atom. The standard InChI is InChI=1S/C25H28O8/c1-19(26)28-13-23(21-9-5-3-6-10-21)15-30-25(31-16-23)32-17-24(18-33-25,14-29-20(2)27)22-11-7-4-8-12-22/h3-12H,13-18H2,1-2H3. The minimum absolute atomic E-state index is 0.100. The highest BCUT2D eigenvalue weighted by Gasteiger charge is 2.54. The van der Waals surface area contributed by atoms with Crippen LogP contribution in [0.1, 0.15) is 25.0 Å². The summed E-state index contributed by atoms with van der Waals surface area (Å²) in [5.74, 6) is -0.761. The lowest BCUT2D eigenvalue weighted by Crippen LogP contribution is -2.62. The summed E-state index contributed by atoms with van der Waals surface area (Å²) in [6.07, 6.45) is -1.68. The lowest BCUT2D eigenvalue weighted by atomic mass is 9.81. The van der Waals surface area contributed by atoms with Crippen LogP contribution in [-0.4, -0.2) is 57.7 Å². The van der Waals surface area contributed by atoms with Crippen LogP contribution in [0, 0.1) is 0 Å². The van der Waals surface area contributed by atoms with Crippen LogP contribution >= 0.6 is 0 Å². The second-order valence-electron chi connectivity index (χ2n) is 8.51. The van der Waals surface area contributed by atoms with E-state index in [1.807, 2.05) is 60.7 Å². The van der Waals surface area contributed by atoms with Gasteiger partial charge in [0.2, 0.25) is 0 Å². The molecule has 33 heavy (non-hydrogen) atoms. The van der Waals surface area contributed by atoms with E-state index >= 15 is 0 Å². The molecule has 0 atom stereocenters. The number of ether oxygens (including phenoxy) is 6. The first-order valence-corrected chi connectivity index (χ1v) is 10.8. The smallest absolute Gasteiger partial charge is 0.412 e. The fourth-order valence-corrected chi connectivity index (χ4v) is 3.97. The van der Waals surface area contributed by atoms with Crippen molar-refractivity contribution in [2.24, 2.45) is 0 Å². The van der Waals surface area contributed by atoms with E-state index in [-0.39, 0.29) is 51.6 Å². The number of hydrogen-bond acceptors (Lipinski definition) is 8. The Bertz CT molecular complexity index is 860. The Hall–Kier alpha value is -2.78. The van der Waals surface area contributed by atoms with Gasteiger partial charge in [0.15, 0.2) is 0 Å². The second-order valence-corrected chi connectivity index (χ2v) is 8.51. The van der Waals surface area contributed by atoms with Gasteiger partial charge in [-0.05, 0) is 11.1 Å². The van der Waals surface area contributed by atoms with Gasteiger partial charge in [0, 0.05) is 13.8 Å². The normalized spacial score (nSPS) is 29.4. The van der Waals surface area contributed by atoms with Crippen molar-refractivity contribution in [2.75, 3.05) is 39.6 Å². The molecule has 1 spiro atoms. The van der Waals surface area contributed by atoms with Crippen LogP contribution in [-0.2, 0) is 48.8 Å². The molecule has 2 saturated heterocycles. The minimum atomic E-state index is -1.68. The molecule has 2 aromatic carbocycles. The topological polar surface area (TPSA) is 89.5 Å². The van der Waals surface area contributed by atoms with Gasteiger partial charge < -0.3 is 28.4 Å². The summed E-state index contributed by atoms with van der Waals surface area (Å²) in [6.45, 7) is 3.57. The molecule has 2 aromatic rings. The van der Waals surface area contributed by atoms with Crippen molar-refractivity contribution in [3.05, 3.63) is 71.8 Å². The first-order valence-electron chi connectivity index (χ1n) is 10.8. The third-order valence-corrected chi connectivity index (χ3v) is 5.98. The Balaban J connectivity index is 1.49. The van der Waals surface area contributed by atoms with Gasteiger partial charge in [-0.2, -0.15) is 0 Å². The third kappa shape index (κ3) is 5.09. The molecule has 0 aliphatic carbocycles. The van der Waals surface area contributed by atoms with Gasteiger partial charge >= 0.3 is 18.1 Å². The zero-order chi connectivity index (χ0) is 23.4. The zero-order valence-electron chi connectivity index (χ0n) is 18.8. The highest BCUT2D eigenvalue weighted by Crippen LogP contribution is 2.40. The first-order chi connectivity index (χ1) is 15.9. The zero-order valence-corrected chi connectivity index (χ0v) is 18.8. The maximum absolute atomic E-state index is 11.5. The van der Waals surface area contributed by atoms with E-state index < -0.39 is 17.0 Å². The first kappa shape index (κ1) is 23.4. The van der Waals surface area contributed by atoms with Gasteiger partial charge in [-0.15, -0.1) is 0 Å². The van der Waals surface area contributed by atoms with E-state index in [4.69, 9.17) is 28.4 Å². The maximum atomic E-state index is 11.5. The van der Waals surface area contributed by atoms with Crippen LogP contribution in [0.2, 0.25) is 0 Å². The largest absolute Gasteiger partial charge is 0.465 e. The Morgan fingerprint density at radius 2 is 1.00 bits per heavy atom. The number of carbonyl (C=O) groups is 2. The van der Waals surface area contributed by atoms with Crippen molar-refractivity contribution >= 4 is 11.9 Å². The molecule has 0 unspecified atom stereocenters. The van der Waals surface area contributed by atoms with Crippen molar-refractivity contribution in [1.29, 1.82) is 0 Å². The molecule has 176 valence electrons. The van der Waals surface area contributed by atoms with Crippen molar-refractivity contribution < 1.29 is 38.0 Å². The van der Waals surface area contributed by atoms with E-state index in [1.54, 1.807) is 0 Å². The summed E-state index contributed by atoms with van der Waals surface area (Å²) in [5, 5.41) is 0.